The number of carboxylic acid groups (broad SMARTS) is 1. The number of carboxylic acids is 1. The van der Waals surface area contributed by atoms with E-state index in [0.29, 0.717) is 34.6 Å². The van der Waals surface area contributed by atoms with E-state index in [-0.39, 0.29) is 11.5 Å². The number of nitrogens with zero attached hydrogens (tertiary/aromatic N) is 2. The van der Waals surface area contributed by atoms with Gasteiger partial charge in [0.1, 0.15) is 11.5 Å². The van der Waals surface area contributed by atoms with Gasteiger partial charge in [0.25, 0.3) is 5.91 Å². The summed E-state index contributed by atoms with van der Waals surface area (Å²) in [5.74, 6) is 0.0304. The Morgan fingerprint density at radius 3 is 2.31 bits per heavy atom. The minimum atomic E-state index is -0.979. The lowest BCUT2D eigenvalue weighted by molar-refractivity contribution is -0.122. The molecule has 36 heavy (non-hydrogen) atoms. The standard InChI is InChI=1S/C29H22N2O4S/c32-27-26(19-24-15-16-25(35-24)21-11-13-22(14-12-21)28(33)34)36-29(30-23-9-5-2-6-10-23)31(27)18-17-20-7-3-1-4-8-20/h1-16,19H,17-18H2,(H,33,34)/b26-19+,30-29?. The number of aliphatic imine (C=N–C) groups is 1. The van der Waals surface area contributed by atoms with Gasteiger partial charge in [-0.15, -0.1) is 0 Å². The van der Waals surface area contributed by atoms with E-state index in [4.69, 9.17) is 14.5 Å². The van der Waals surface area contributed by atoms with Crippen molar-refractivity contribution in [2.24, 2.45) is 4.99 Å². The first-order valence-electron chi connectivity index (χ1n) is 11.4. The Labute approximate surface area is 212 Å². The van der Waals surface area contributed by atoms with Gasteiger partial charge in [0.2, 0.25) is 0 Å². The van der Waals surface area contributed by atoms with Gasteiger partial charge in [-0.05, 0) is 60.1 Å². The van der Waals surface area contributed by atoms with E-state index in [0.717, 1.165) is 16.8 Å². The Morgan fingerprint density at radius 1 is 0.917 bits per heavy atom. The lowest BCUT2D eigenvalue weighted by atomic mass is 10.1. The van der Waals surface area contributed by atoms with E-state index in [1.807, 2.05) is 60.7 Å². The summed E-state index contributed by atoms with van der Waals surface area (Å²) in [7, 11) is 0. The molecule has 3 aromatic carbocycles. The summed E-state index contributed by atoms with van der Waals surface area (Å²) in [6, 6.07) is 29.7. The monoisotopic (exact) mass is 494 g/mol. The Hall–Kier alpha value is -4.36. The van der Waals surface area contributed by atoms with Gasteiger partial charge in [0, 0.05) is 18.2 Å². The smallest absolute Gasteiger partial charge is 0.335 e. The van der Waals surface area contributed by atoms with Crippen LogP contribution in [0.3, 0.4) is 0 Å². The lowest BCUT2D eigenvalue weighted by Crippen LogP contribution is -2.31. The first kappa shape index (κ1) is 23.4. The van der Waals surface area contributed by atoms with Crippen molar-refractivity contribution in [3.63, 3.8) is 0 Å². The molecule has 0 spiro atoms. The minimum Gasteiger partial charge on any atom is -0.478 e. The number of rotatable bonds is 7. The van der Waals surface area contributed by atoms with Crippen LogP contribution in [0.25, 0.3) is 17.4 Å². The van der Waals surface area contributed by atoms with Crippen molar-refractivity contribution in [2.45, 2.75) is 6.42 Å². The van der Waals surface area contributed by atoms with E-state index in [2.05, 4.69) is 0 Å². The van der Waals surface area contributed by atoms with Crippen molar-refractivity contribution < 1.29 is 19.1 Å². The number of furan rings is 1. The number of para-hydroxylation sites is 1. The molecule has 1 aliphatic heterocycles. The van der Waals surface area contributed by atoms with Crippen LogP contribution in [0, 0.1) is 0 Å². The number of amidine groups is 1. The molecular formula is C29H22N2O4S. The molecule has 7 heteroatoms. The minimum absolute atomic E-state index is 0.116. The summed E-state index contributed by atoms with van der Waals surface area (Å²) in [4.78, 5) is 31.4. The second-order valence-electron chi connectivity index (χ2n) is 8.12. The molecule has 1 aromatic heterocycles. The Kier molecular flexibility index (Phi) is 6.82. The Morgan fingerprint density at radius 2 is 1.61 bits per heavy atom. The highest BCUT2D eigenvalue weighted by molar-refractivity contribution is 8.18. The molecule has 0 bridgehead atoms. The van der Waals surface area contributed by atoms with Gasteiger partial charge in [0.15, 0.2) is 5.17 Å². The van der Waals surface area contributed by atoms with Crippen molar-refractivity contribution in [1.29, 1.82) is 0 Å². The zero-order valence-corrected chi connectivity index (χ0v) is 20.0. The van der Waals surface area contributed by atoms with Crippen LogP contribution < -0.4 is 0 Å². The van der Waals surface area contributed by atoms with Gasteiger partial charge >= 0.3 is 5.97 Å². The molecule has 5 rings (SSSR count). The zero-order chi connectivity index (χ0) is 24.9. The molecule has 0 unspecified atom stereocenters. The van der Waals surface area contributed by atoms with E-state index >= 15 is 0 Å². The highest BCUT2D eigenvalue weighted by Gasteiger charge is 2.33. The van der Waals surface area contributed by atoms with Crippen molar-refractivity contribution in [1.82, 2.24) is 4.90 Å². The van der Waals surface area contributed by atoms with Crippen molar-refractivity contribution >= 4 is 40.6 Å². The van der Waals surface area contributed by atoms with Gasteiger partial charge < -0.3 is 9.52 Å². The maximum atomic E-state index is 13.4. The molecule has 0 atom stereocenters. The van der Waals surface area contributed by atoms with Crippen molar-refractivity contribution in [3.05, 3.63) is 119 Å². The first-order chi connectivity index (χ1) is 17.6. The normalized spacial score (nSPS) is 15.7. The zero-order valence-electron chi connectivity index (χ0n) is 19.2. The number of carbonyl (C=O) groups is 2. The van der Waals surface area contributed by atoms with Crippen LogP contribution in [0.2, 0.25) is 0 Å². The molecule has 0 saturated carbocycles. The topological polar surface area (TPSA) is 83.1 Å². The largest absolute Gasteiger partial charge is 0.478 e. The molecule has 1 amide bonds. The second-order valence-corrected chi connectivity index (χ2v) is 9.13. The third kappa shape index (κ3) is 5.31. The number of hydrogen-bond donors (Lipinski definition) is 1. The van der Waals surface area contributed by atoms with Crippen LogP contribution in [-0.4, -0.2) is 33.6 Å². The molecule has 1 fully saturated rings. The summed E-state index contributed by atoms with van der Waals surface area (Å²) in [5.41, 5.74) is 2.90. The van der Waals surface area contributed by atoms with Crippen LogP contribution in [0.4, 0.5) is 5.69 Å². The van der Waals surface area contributed by atoms with Gasteiger partial charge in [-0.25, -0.2) is 9.79 Å². The van der Waals surface area contributed by atoms with Crippen molar-refractivity contribution in [3.8, 4) is 11.3 Å². The summed E-state index contributed by atoms with van der Waals surface area (Å²) in [6.07, 6.45) is 2.44. The average molecular weight is 495 g/mol. The molecule has 2 heterocycles. The predicted octanol–water partition coefficient (Wildman–Crippen LogP) is 6.49. The van der Waals surface area contributed by atoms with Crippen LogP contribution >= 0.6 is 11.8 Å². The summed E-state index contributed by atoms with van der Waals surface area (Å²) < 4.78 is 5.95. The quantitative estimate of drug-likeness (QED) is 0.297. The number of thioether (sulfide) groups is 1. The molecule has 0 radical (unpaired) electrons. The average Bonchev–Trinajstić information content (AvgIpc) is 3.49. The van der Waals surface area contributed by atoms with Crippen LogP contribution in [0.1, 0.15) is 21.7 Å². The van der Waals surface area contributed by atoms with Crippen LogP contribution in [0.15, 0.2) is 111 Å². The van der Waals surface area contributed by atoms with Gasteiger partial charge in [-0.3, -0.25) is 9.69 Å². The number of amides is 1. The number of benzene rings is 3. The van der Waals surface area contributed by atoms with E-state index in [9.17, 15) is 9.59 Å². The van der Waals surface area contributed by atoms with Crippen molar-refractivity contribution in [2.75, 3.05) is 6.54 Å². The van der Waals surface area contributed by atoms with E-state index < -0.39 is 5.97 Å². The summed E-state index contributed by atoms with van der Waals surface area (Å²) in [6.45, 7) is 0.512. The van der Waals surface area contributed by atoms with E-state index in [1.165, 1.54) is 23.9 Å². The Bertz CT molecular complexity index is 1440. The second kappa shape index (κ2) is 10.5. The summed E-state index contributed by atoms with van der Waals surface area (Å²) in [5, 5.41) is 9.72. The third-order valence-corrected chi connectivity index (χ3v) is 6.66. The fourth-order valence-electron chi connectivity index (χ4n) is 3.78. The molecule has 1 N–H and O–H groups in total. The predicted molar refractivity (Wildman–Crippen MR) is 142 cm³/mol. The molecule has 1 saturated heterocycles. The summed E-state index contributed by atoms with van der Waals surface area (Å²) >= 11 is 1.32. The molecule has 178 valence electrons. The number of hydrogen-bond acceptors (Lipinski definition) is 5. The lowest BCUT2D eigenvalue weighted by Gasteiger charge is -2.15. The van der Waals surface area contributed by atoms with Gasteiger partial charge in [-0.1, -0.05) is 60.7 Å². The van der Waals surface area contributed by atoms with Gasteiger partial charge in [0.05, 0.1) is 16.2 Å². The van der Waals surface area contributed by atoms with Crippen LogP contribution in [0.5, 0.6) is 0 Å². The highest BCUT2D eigenvalue weighted by Crippen LogP contribution is 2.35. The fourth-order valence-corrected chi connectivity index (χ4v) is 4.78. The maximum Gasteiger partial charge on any atom is 0.335 e. The van der Waals surface area contributed by atoms with E-state index in [1.54, 1.807) is 35.2 Å². The molecule has 1 aliphatic rings. The molecular weight excluding hydrogens is 472 g/mol. The third-order valence-electron chi connectivity index (χ3n) is 5.65. The maximum absolute atomic E-state index is 13.4. The fraction of sp³-hybridized carbons (Fsp3) is 0.0690. The highest BCUT2D eigenvalue weighted by atomic mass is 32.2. The molecule has 0 aliphatic carbocycles. The first-order valence-corrected chi connectivity index (χ1v) is 12.2. The van der Waals surface area contributed by atoms with Gasteiger partial charge in [-0.2, -0.15) is 0 Å². The molecule has 6 nitrogen and oxygen atoms in total. The number of carbonyl (C=O) groups excluding carboxylic acids is 1. The SMILES string of the molecule is O=C(O)c1ccc(-c2ccc(/C=C3/SC(=Nc4ccccc4)N(CCc4ccccc4)C3=O)o2)cc1. The molecule has 4 aromatic rings. The number of aromatic carboxylic acids is 1. The van der Waals surface area contributed by atoms with Crippen LogP contribution in [-0.2, 0) is 11.2 Å². The Balaban J connectivity index is 1.40.